The highest BCUT2D eigenvalue weighted by Crippen LogP contribution is 2.24. The molecular formula is C62H102N8O34. The van der Waals surface area contributed by atoms with Crippen LogP contribution in [0.15, 0.2) is 85.0 Å². The minimum atomic E-state index is -3.18. The monoisotopic (exact) mass is 1500 g/mol. The van der Waals surface area contributed by atoms with Gasteiger partial charge in [0.2, 0.25) is 12.2 Å². The number of carbonyl (C=O) groups excluding carboxylic acids is 10. The maximum Gasteiger partial charge on any atom is 0.418 e. The molecule has 0 aromatic heterocycles. The molecule has 0 radical (unpaired) electrons. The van der Waals surface area contributed by atoms with E-state index in [0.717, 1.165) is 24.3 Å². The first-order valence-corrected chi connectivity index (χ1v) is 30.1. The summed E-state index contributed by atoms with van der Waals surface area (Å²) in [6, 6.07) is 12.6. The molecule has 2 aromatic carbocycles. The van der Waals surface area contributed by atoms with Crippen LogP contribution in [-0.4, -0.2) is 272 Å². The van der Waals surface area contributed by atoms with Gasteiger partial charge < -0.3 is 99.9 Å². The molecular weight excluding hydrogens is 1400 g/mol. The molecule has 0 aliphatic heterocycles. The van der Waals surface area contributed by atoms with Crippen molar-refractivity contribution in [3.05, 3.63) is 96.1 Å². The van der Waals surface area contributed by atoms with Gasteiger partial charge in [-0.15, -0.1) is 0 Å². The van der Waals surface area contributed by atoms with Gasteiger partial charge in [-0.1, -0.05) is 60.7 Å². The minimum Gasteiger partial charge on any atom is -0.481 e. The first-order chi connectivity index (χ1) is 48.0. The lowest BCUT2D eigenvalue weighted by Gasteiger charge is -2.19. The van der Waals surface area contributed by atoms with Gasteiger partial charge in [0.15, 0.2) is 11.2 Å². The molecule has 42 heteroatoms. The summed E-state index contributed by atoms with van der Waals surface area (Å²) in [6.07, 6.45) is -12.7. The van der Waals surface area contributed by atoms with Crippen LogP contribution >= 0.6 is 0 Å². The van der Waals surface area contributed by atoms with Gasteiger partial charge in [0.1, 0.15) is 49.8 Å². The molecule has 22 N–H and O–H groups in total. The van der Waals surface area contributed by atoms with Crippen molar-refractivity contribution in [3.8, 4) is 0 Å². The SMILES string of the molecule is CNC(C)O.CNC(C)O.CNC(C)O.CNC(C)O.CNC(C)O.CNC(C)O.CNC(C)O.CNC(C)O.O=C(O)CC(O)(CC(=O)OC(=O)/C=C/C(=O)OC(=O)C(OC(=O)C(=O)OC(C(=O)OC(=O)/C=C/C(=O)OC(=O)CC(O)(CC(=O)O)C(=O)O)c1ccccc1)c1ccccc1)C(=O)O. The molecule has 12 unspecified atom stereocenters. The Kier molecular flexibility index (Phi) is 65.7. The highest BCUT2D eigenvalue weighted by atomic mass is 16.7. The average Bonchev–Trinajstić information content (AvgIpc) is 0.862. The van der Waals surface area contributed by atoms with Crippen molar-refractivity contribution in [3.63, 3.8) is 0 Å². The Hall–Kier alpha value is -9.42. The normalized spacial score (nSPS) is 14.1. The quantitative estimate of drug-likeness (QED) is 0.00945. The highest BCUT2D eigenvalue weighted by molar-refractivity contribution is 6.30. The van der Waals surface area contributed by atoms with Crippen LogP contribution in [0, 0.1) is 0 Å². The molecule has 0 saturated carbocycles. The minimum absolute atomic E-state index is 0.179. The van der Waals surface area contributed by atoms with E-state index in [0.29, 0.717) is 0 Å². The number of carboxylic acid groups (broad SMARTS) is 4. The van der Waals surface area contributed by atoms with Gasteiger partial charge in [0, 0.05) is 35.4 Å². The van der Waals surface area contributed by atoms with Gasteiger partial charge in [-0.25, -0.2) is 47.9 Å². The fraction of sp³-hybridized carbons (Fsp3) is 0.516. The van der Waals surface area contributed by atoms with Crippen LogP contribution in [0.1, 0.15) is 104 Å². The van der Waals surface area contributed by atoms with E-state index in [1.54, 1.807) is 112 Å². The number of aliphatic hydroxyl groups excluding tert-OH is 8. The van der Waals surface area contributed by atoms with Gasteiger partial charge in [0.25, 0.3) is 0 Å². The van der Waals surface area contributed by atoms with E-state index in [1.807, 2.05) is 0 Å². The largest absolute Gasteiger partial charge is 0.481 e. The van der Waals surface area contributed by atoms with Crippen molar-refractivity contribution in [2.75, 3.05) is 56.4 Å². The summed E-state index contributed by atoms with van der Waals surface area (Å²) in [7, 11) is 13.6. The number of esters is 10. The summed E-state index contributed by atoms with van der Waals surface area (Å²) in [4.78, 5) is 168. The summed E-state index contributed by atoms with van der Waals surface area (Å²) in [5, 5.41) is 142. The molecule has 0 heterocycles. The predicted molar refractivity (Wildman–Crippen MR) is 358 cm³/mol. The maximum atomic E-state index is 13.0. The molecule has 0 bridgehead atoms. The van der Waals surface area contributed by atoms with E-state index in [9.17, 15) is 77.3 Å². The molecule has 0 aliphatic rings. The van der Waals surface area contributed by atoms with E-state index >= 15 is 0 Å². The molecule has 0 saturated heterocycles. The highest BCUT2D eigenvalue weighted by Gasteiger charge is 2.43. The van der Waals surface area contributed by atoms with Crippen LogP contribution < -0.4 is 42.5 Å². The van der Waals surface area contributed by atoms with Crippen molar-refractivity contribution < 1.29 is 167 Å². The van der Waals surface area contributed by atoms with Gasteiger partial charge in [-0.3, -0.25) is 61.7 Å². The molecule has 12 atom stereocenters. The smallest absolute Gasteiger partial charge is 0.418 e. The van der Waals surface area contributed by atoms with Crippen LogP contribution in [0.3, 0.4) is 0 Å². The zero-order valence-corrected chi connectivity index (χ0v) is 60.1. The summed E-state index contributed by atoms with van der Waals surface area (Å²) in [5.74, 6) is -25.8. The lowest BCUT2D eigenvalue weighted by Crippen LogP contribution is -2.43. The van der Waals surface area contributed by atoms with Crippen molar-refractivity contribution in [1.29, 1.82) is 0 Å². The van der Waals surface area contributed by atoms with Crippen LogP contribution in [0.4, 0.5) is 0 Å². The Morgan fingerprint density at radius 2 is 0.519 bits per heavy atom. The molecule has 2 aromatic rings. The number of aliphatic hydroxyl groups is 10. The average molecular weight is 1500 g/mol. The number of aliphatic carboxylic acids is 4. The Balaban J connectivity index is -0.000000378. The van der Waals surface area contributed by atoms with Gasteiger partial charge in [0.05, 0.1) is 25.7 Å². The predicted octanol–water partition coefficient (Wildman–Crippen LogP) is -5.34. The molecule has 594 valence electrons. The first kappa shape index (κ1) is 108. The van der Waals surface area contributed by atoms with Gasteiger partial charge in [-0.2, -0.15) is 0 Å². The fourth-order valence-electron chi connectivity index (χ4n) is 4.49. The lowest BCUT2D eigenvalue weighted by atomic mass is 9.96. The zero-order valence-electron chi connectivity index (χ0n) is 60.1. The van der Waals surface area contributed by atoms with Gasteiger partial charge >= 0.3 is 83.6 Å². The van der Waals surface area contributed by atoms with Crippen molar-refractivity contribution in [2.45, 2.75) is 154 Å². The fourth-order valence-corrected chi connectivity index (χ4v) is 4.49. The third kappa shape index (κ3) is 65.9. The molecule has 0 aliphatic carbocycles. The van der Waals surface area contributed by atoms with E-state index in [-0.39, 0.29) is 85.3 Å². The van der Waals surface area contributed by atoms with Crippen molar-refractivity contribution >= 4 is 83.6 Å². The second kappa shape index (κ2) is 63.3. The van der Waals surface area contributed by atoms with Crippen LogP contribution in [0.5, 0.6) is 0 Å². The number of carbonyl (C=O) groups is 14. The molecule has 2 rings (SSSR count). The molecule has 42 nitrogen and oxygen atoms in total. The number of hydrogen-bond donors (Lipinski definition) is 22. The number of rotatable bonds is 28. The van der Waals surface area contributed by atoms with Crippen molar-refractivity contribution in [2.24, 2.45) is 0 Å². The molecule has 0 fully saturated rings. The van der Waals surface area contributed by atoms with E-state index in [1.165, 1.54) is 36.4 Å². The topological polar surface area (TPSA) is 674 Å². The summed E-state index contributed by atoms with van der Waals surface area (Å²) in [5.41, 5.74) is -6.86. The Bertz CT molecular complexity index is 2640. The Labute approximate surface area is 598 Å². The standard InChI is InChI=1S/C38H30O26.8C3H9NO/c39-21(40)15-37(57,35(53)54)17-27(47)59-23(43)11-13-25(45)61-31(49)29(19-7-3-1-4-8-19)63-33(51)34(52)64-30(20-9-5-2-6-10-20)32(50)62-26(46)14-12-24(44)60-28(48)18-38(58,36(55)56)16-22(41)42;8*1-3(5)4-2/h1-14,29-30,57-58H,15-18H2,(H,39,40)(H,41,42)(H,53,54)(H,55,56);8*3-5H,1-2H3/b13-11+,14-12+;;;;;;;;. The number of hydrogen-bond acceptors (Lipinski definition) is 38. The van der Waals surface area contributed by atoms with Crippen LogP contribution in [-0.2, 0) is 95.5 Å². The first-order valence-electron chi connectivity index (χ1n) is 30.1. The number of nitrogens with one attached hydrogen (secondary N) is 8. The molecule has 104 heavy (non-hydrogen) atoms. The number of benzene rings is 2. The lowest BCUT2D eigenvalue weighted by molar-refractivity contribution is -0.185. The van der Waals surface area contributed by atoms with Crippen LogP contribution in [0.25, 0.3) is 0 Å². The molecule has 0 amide bonds. The number of carboxylic acids is 4. The van der Waals surface area contributed by atoms with Crippen LogP contribution in [0.2, 0.25) is 0 Å². The Morgan fingerprint density at radius 1 is 0.337 bits per heavy atom. The van der Waals surface area contributed by atoms with Crippen molar-refractivity contribution in [1.82, 2.24) is 42.5 Å². The maximum absolute atomic E-state index is 13.0. The Morgan fingerprint density at radius 3 is 0.683 bits per heavy atom. The summed E-state index contributed by atoms with van der Waals surface area (Å²) in [6.45, 7) is 13.3. The second-order valence-electron chi connectivity index (χ2n) is 20.0. The summed E-state index contributed by atoms with van der Waals surface area (Å²) >= 11 is 0. The third-order valence-electron chi connectivity index (χ3n) is 10.7. The van der Waals surface area contributed by atoms with E-state index in [4.69, 9.17) is 70.8 Å². The van der Waals surface area contributed by atoms with E-state index in [2.05, 4.69) is 61.5 Å². The third-order valence-corrected chi connectivity index (χ3v) is 10.7. The zero-order chi connectivity index (χ0) is 82.6. The summed E-state index contributed by atoms with van der Waals surface area (Å²) < 4.78 is 27.1. The number of ether oxygens (including phenoxy) is 6. The molecule has 0 spiro atoms. The second-order valence-corrected chi connectivity index (χ2v) is 20.0. The van der Waals surface area contributed by atoms with Gasteiger partial charge in [-0.05, 0) is 112 Å². The van der Waals surface area contributed by atoms with E-state index < -0.39 is 133 Å².